The third-order valence-corrected chi connectivity index (χ3v) is 6.72. The van der Waals surface area contributed by atoms with Gasteiger partial charge in [-0.15, -0.1) is 11.3 Å². The summed E-state index contributed by atoms with van der Waals surface area (Å²) in [4.78, 5) is 31.7. The Bertz CT molecular complexity index is 1360. The fourth-order valence-electron chi connectivity index (χ4n) is 4.30. The lowest BCUT2D eigenvalue weighted by molar-refractivity contribution is -0.124. The highest BCUT2D eigenvalue weighted by Gasteiger charge is 2.26. The van der Waals surface area contributed by atoms with E-state index in [9.17, 15) is 9.59 Å². The van der Waals surface area contributed by atoms with Gasteiger partial charge in [0.15, 0.2) is 6.61 Å². The molecule has 5 rings (SSSR count). The Kier molecular flexibility index (Phi) is 6.49. The normalized spacial score (nSPS) is 14.1. The molecule has 0 aliphatic heterocycles. The van der Waals surface area contributed by atoms with Crippen molar-refractivity contribution in [2.24, 2.45) is 0 Å². The van der Waals surface area contributed by atoms with Crippen molar-refractivity contribution in [1.82, 2.24) is 10.3 Å². The summed E-state index contributed by atoms with van der Waals surface area (Å²) < 4.78 is 5.50. The molecule has 0 fully saturated rings. The molecule has 0 spiro atoms. The molecule has 1 aliphatic rings. The van der Waals surface area contributed by atoms with Crippen molar-refractivity contribution in [3.63, 3.8) is 0 Å². The SMILES string of the molecule is O=C(COC(=O)c1c2c(nc3ccccc13)C(=Cc1cccs1)CCC2)NCc1ccccc1. The van der Waals surface area contributed by atoms with Gasteiger partial charge in [0.2, 0.25) is 0 Å². The number of para-hydroxylation sites is 1. The molecule has 6 heteroatoms. The van der Waals surface area contributed by atoms with Crippen LogP contribution >= 0.6 is 11.3 Å². The summed E-state index contributed by atoms with van der Waals surface area (Å²) in [5, 5.41) is 5.61. The third-order valence-electron chi connectivity index (χ3n) is 5.90. The number of benzene rings is 2. The molecule has 170 valence electrons. The van der Waals surface area contributed by atoms with Crippen molar-refractivity contribution in [2.45, 2.75) is 25.8 Å². The Labute approximate surface area is 202 Å². The summed E-state index contributed by atoms with van der Waals surface area (Å²) in [6.45, 7) is 0.0661. The highest BCUT2D eigenvalue weighted by molar-refractivity contribution is 7.10. The zero-order valence-corrected chi connectivity index (χ0v) is 19.4. The van der Waals surface area contributed by atoms with E-state index in [-0.39, 0.29) is 12.5 Å². The minimum absolute atomic E-state index is 0.324. The number of esters is 1. The smallest absolute Gasteiger partial charge is 0.339 e. The first kappa shape index (κ1) is 22.0. The molecular weight excluding hydrogens is 444 g/mol. The molecule has 1 amide bonds. The van der Waals surface area contributed by atoms with E-state index in [0.717, 1.165) is 57.4 Å². The minimum atomic E-state index is -0.484. The predicted molar refractivity (Wildman–Crippen MR) is 135 cm³/mol. The number of carbonyl (C=O) groups is 2. The van der Waals surface area contributed by atoms with Gasteiger partial charge in [0.1, 0.15) is 0 Å². The van der Waals surface area contributed by atoms with Crippen LogP contribution in [0.4, 0.5) is 0 Å². The molecule has 2 aromatic carbocycles. The number of amides is 1. The van der Waals surface area contributed by atoms with Crippen LogP contribution < -0.4 is 5.32 Å². The minimum Gasteiger partial charge on any atom is -0.452 e. The number of pyridine rings is 1. The maximum absolute atomic E-state index is 13.3. The molecule has 4 aromatic rings. The number of nitrogens with one attached hydrogen (secondary N) is 1. The molecule has 0 unspecified atom stereocenters. The van der Waals surface area contributed by atoms with Crippen molar-refractivity contribution in [2.75, 3.05) is 6.61 Å². The van der Waals surface area contributed by atoms with E-state index in [4.69, 9.17) is 9.72 Å². The Morgan fingerprint density at radius 2 is 1.82 bits per heavy atom. The van der Waals surface area contributed by atoms with Gasteiger partial charge < -0.3 is 10.1 Å². The molecule has 1 aliphatic carbocycles. The number of carbonyl (C=O) groups excluding carboxylic acids is 2. The zero-order chi connectivity index (χ0) is 23.3. The summed E-state index contributed by atoms with van der Waals surface area (Å²) in [7, 11) is 0. The number of hydrogen-bond donors (Lipinski definition) is 1. The van der Waals surface area contributed by atoms with Crippen molar-refractivity contribution in [3.8, 4) is 0 Å². The second-order valence-corrected chi connectivity index (χ2v) is 9.19. The van der Waals surface area contributed by atoms with E-state index in [1.54, 1.807) is 11.3 Å². The molecule has 34 heavy (non-hydrogen) atoms. The highest BCUT2D eigenvalue weighted by Crippen LogP contribution is 2.36. The second kappa shape index (κ2) is 10.0. The standard InChI is InChI=1S/C28H24N2O3S/c31-25(29-17-19-8-2-1-3-9-19)18-33-28(32)26-22-12-4-5-14-24(22)30-27-20(10-6-13-23(26)27)16-21-11-7-15-34-21/h1-5,7-9,11-12,14-16H,6,10,13,17-18H2,(H,29,31). The van der Waals surface area contributed by atoms with Crippen LogP contribution in [0.2, 0.25) is 0 Å². The van der Waals surface area contributed by atoms with Crippen LogP contribution in [0.3, 0.4) is 0 Å². The van der Waals surface area contributed by atoms with Gasteiger partial charge in [-0.25, -0.2) is 9.78 Å². The van der Waals surface area contributed by atoms with Gasteiger partial charge in [-0.1, -0.05) is 54.6 Å². The van der Waals surface area contributed by atoms with E-state index >= 15 is 0 Å². The summed E-state index contributed by atoms with van der Waals surface area (Å²) in [6.07, 6.45) is 4.75. The molecule has 0 saturated carbocycles. The highest BCUT2D eigenvalue weighted by atomic mass is 32.1. The summed E-state index contributed by atoms with van der Waals surface area (Å²) >= 11 is 1.68. The molecule has 1 N–H and O–H groups in total. The quantitative estimate of drug-likeness (QED) is 0.372. The van der Waals surface area contributed by atoms with Crippen molar-refractivity contribution in [1.29, 1.82) is 0 Å². The summed E-state index contributed by atoms with van der Waals surface area (Å²) in [5.41, 5.74) is 5.15. The second-order valence-electron chi connectivity index (χ2n) is 8.21. The topological polar surface area (TPSA) is 68.3 Å². The summed E-state index contributed by atoms with van der Waals surface area (Å²) in [6, 6.07) is 21.4. The van der Waals surface area contributed by atoms with E-state index in [2.05, 4.69) is 22.8 Å². The molecule has 2 aromatic heterocycles. The predicted octanol–water partition coefficient (Wildman–Crippen LogP) is 5.65. The molecule has 0 bridgehead atoms. The number of fused-ring (bicyclic) bond motifs is 2. The lowest BCUT2D eigenvalue weighted by Gasteiger charge is -2.22. The van der Waals surface area contributed by atoms with Gasteiger partial charge in [0.05, 0.1) is 16.8 Å². The summed E-state index contributed by atoms with van der Waals surface area (Å²) in [5.74, 6) is -0.815. The number of aromatic nitrogens is 1. The first-order valence-electron chi connectivity index (χ1n) is 11.3. The van der Waals surface area contributed by atoms with Crippen LogP contribution in [0.15, 0.2) is 72.1 Å². The lowest BCUT2D eigenvalue weighted by Crippen LogP contribution is -2.28. The Morgan fingerprint density at radius 3 is 2.65 bits per heavy atom. The first-order chi connectivity index (χ1) is 16.7. The van der Waals surface area contributed by atoms with Crippen LogP contribution in [0, 0.1) is 0 Å². The largest absolute Gasteiger partial charge is 0.452 e. The van der Waals surface area contributed by atoms with Gasteiger partial charge >= 0.3 is 5.97 Å². The molecule has 0 atom stereocenters. The van der Waals surface area contributed by atoms with Crippen molar-refractivity contribution < 1.29 is 14.3 Å². The third kappa shape index (κ3) is 4.77. The van der Waals surface area contributed by atoms with Crippen LogP contribution in [-0.4, -0.2) is 23.5 Å². The van der Waals surface area contributed by atoms with E-state index in [1.165, 1.54) is 0 Å². The molecule has 0 saturated heterocycles. The molecule has 0 radical (unpaired) electrons. The van der Waals surface area contributed by atoms with Crippen LogP contribution in [0.5, 0.6) is 0 Å². The number of thiophene rings is 1. The molecule has 2 heterocycles. The Hall–Kier alpha value is -3.77. The monoisotopic (exact) mass is 468 g/mol. The van der Waals surface area contributed by atoms with Crippen LogP contribution in [-0.2, 0) is 22.5 Å². The van der Waals surface area contributed by atoms with E-state index in [0.29, 0.717) is 12.1 Å². The number of rotatable bonds is 6. The number of nitrogens with zero attached hydrogens (tertiary/aromatic N) is 1. The Morgan fingerprint density at radius 1 is 1.00 bits per heavy atom. The van der Waals surface area contributed by atoms with Crippen molar-refractivity contribution in [3.05, 3.63) is 99.4 Å². The fraction of sp³-hybridized carbons (Fsp3) is 0.179. The van der Waals surface area contributed by atoms with Gasteiger partial charge in [-0.05, 0) is 59.6 Å². The van der Waals surface area contributed by atoms with Gasteiger partial charge in [0.25, 0.3) is 5.91 Å². The van der Waals surface area contributed by atoms with Crippen LogP contribution in [0.1, 0.15) is 44.9 Å². The fourth-order valence-corrected chi connectivity index (χ4v) is 4.99. The lowest BCUT2D eigenvalue weighted by atomic mass is 9.86. The van der Waals surface area contributed by atoms with E-state index in [1.807, 2.05) is 60.7 Å². The zero-order valence-electron chi connectivity index (χ0n) is 18.6. The Balaban J connectivity index is 1.41. The maximum atomic E-state index is 13.3. The molecular formula is C28H24N2O3S. The van der Waals surface area contributed by atoms with Crippen molar-refractivity contribution >= 4 is 45.8 Å². The van der Waals surface area contributed by atoms with Crippen LogP contribution in [0.25, 0.3) is 22.6 Å². The number of allylic oxidation sites excluding steroid dienone is 1. The van der Waals surface area contributed by atoms with Gasteiger partial charge in [-0.2, -0.15) is 0 Å². The number of hydrogen-bond acceptors (Lipinski definition) is 5. The number of ether oxygens (including phenoxy) is 1. The first-order valence-corrected chi connectivity index (χ1v) is 12.2. The molecule has 5 nitrogen and oxygen atoms in total. The van der Waals surface area contributed by atoms with E-state index < -0.39 is 5.97 Å². The average Bonchev–Trinajstić information content (AvgIpc) is 3.39. The van der Waals surface area contributed by atoms with Gasteiger partial charge in [0, 0.05) is 16.8 Å². The maximum Gasteiger partial charge on any atom is 0.339 e. The average molecular weight is 469 g/mol. The van der Waals surface area contributed by atoms with Gasteiger partial charge in [-0.3, -0.25) is 4.79 Å².